The number of hydrogen-bond donors (Lipinski definition) is 1. The van der Waals surface area contributed by atoms with Crippen LogP contribution in [0.15, 0.2) is 57.9 Å². The summed E-state index contributed by atoms with van der Waals surface area (Å²) in [6, 6.07) is 14.0. The average molecular weight is 487 g/mol. The monoisotopic (exact) mass is 485 g/mol. The Bertz CT molecular complexity index is 947. The molecule has 2 aromatic rings. The summed E-state index contributed by atoms with van der Waals surface area (Å²) >= 11 is 9.25. The van der Waals surface area contributed by atoms with Gasteiger partial charge in [0.1, 0.15) is 0 Å². The minimum Gasteiger partial charge on any atom is -0.351 e. The van der Waals surface area contributed by atoms with Crippen molar-refractivity contribution in [3.05, 3.63) is 63.6 Å². The number of nitrogens with zero attached hydrogens (tertiary/aromatic N) is 2. The van der Waals surface area contributed by atoms with E-state index in [-0.39, 0.29) is 17.3 Å². The molecule has 0 unspecified atom stereocenters. The smallest absolute Gasteiger partial charge is 0.243 e. The number of carbonyl (C=O) groups is 1. The number of carbonyl (C=O) groups excluding carboxylic acids is 1. The van der Waals surface area contributed by atoms with Gasteiger partial charge >= 0.3 is 0 Å². The second kappa shape index (κ2) is 9.37. The van der Waals surface area contributed by atoms with Crippen LogP contribution < -0.4 is 5.32 Å². The predicted octanol–water partition coefficient (Wildman–Crippen LogP) is 2.73. The van der Waals surface area contributed by atoms with Crippen molar-refractivity contribution < 1.29 is 13.2 Å². The van der Waals surface area contributed by atoms with Gasteiger partial charge in [-0.25, -0.2) is 8.42 Å². The molecule has 1 fully saturated rings. The SMILES string of the molecule is O=C(CN1CCN(S(=O)(=O)c2cccc(Br)c2)CC1)NCc1cccc(Cl)c1. The Morgan fingerprint density at radius 2 is 1.79 bits per heavy atom. The van der Waals surface area contributed by atoms with Gasteiger partial charge in [-0.1, -0.05) is 45.7 Å². The molecule has 0 spiro atoms. The first-order valence-corrected chi connectivity index (χ1v) is 11.4. The first-order valence-electron chi connectivity index (χ1n) is 8.84. The third-order valence-corrected chi connectivity index (χ3v) is 7.13. The Kier molecular flexibility index (Phi) is 7.11. The molecule has 1 aliphatic rings. The molecule has 0 aromatic heterocycles. The van der Waals surface area contributed by atoms with E-state index in [1.165, 1.54) is 4.31 Å². The summed E-state index contributed by atoms with van der Waals surface area (Å²) in [6.07, 6.45) is 0. The summed E-state index contributed by atoms with van der Waals surface area (Å²) in [5.41, 5.74) is 0.936. The molecular weight excluding hydrogens is 466 g/mol. The van der Waals surface area contributed by atoms with Gasteiger partial charge in [-0.15, -0.1) is 0 Å². The first-order chi connectivity index (χ1) is 13.3. The summed E-state index contributed by atoms with van der Waals surface area (Å²) < 4.78 is 27.7. The maximum absolute atomic E-state index is 12.8. The van der Waals surface area contributed by atoms with Crippen molar-refractivity contribution in [2.75, 3.05) is 32.7 Å². The highest BCUT2D eigenvalue weighted by molar-refractivity contribution is 9.10. The molecule has 1 heterocycles. The highest BCUT2D eigenvalue weighted by Gasteiger charge is 2.29. The van der Waals surface area contributed by atoms with E-state index in [4.69, 9.17) is 11.6 Å². The van der Waals surface area contributed by atoms with Gasteiger partial charge in [0.15, 0.2) is 0 Å². The quantitative estimate of drug-likeness (QED) is 0.682. The van der Waals surface area contributed by atoms with Crippen molar-refractivity contribution in [1.82, 2.24) is 14.5 Å². The molecule has 0 aliphatic carbocycles. The van der Waals surface area contributed by atoms with Crippen molar-refractivity contribution >= 4 is 43.5 Å². The van der Waals surface area contributed by atoms with Gasteiger partial charge in [-0.05, 0) is 35.9 Å². The molecule has 150 valence electrons. The fourth-order valence-electron chi connectivity index (χ4n) is 3.01. The number of benzene rings is 2. The van der Waals surface area contributed by atoms with Crippen LogP contribution in [0.1, 0.15) is 5.56 Å². The summed E-state index contributed by atoms with van der Waals surface area (Å²) in [7, 11) is -3.52. The van der Waals surface area contributed by atoms with Gasteiger partial charge in [0.2, 0.25) is 15.9 Å². The predicted molar refractivity (Wildman–Crippen MR) is 113 cm³/mol. The Hall–Kier alpha value is -1.45. The number of hydrogen-bond acceptors (Lipinski definition) is 4. The lowest BCUT2D eigenvalue weighted by Gasteiger charge is -2.33. The zero-order chi connectivity index (χ0) is 20.1. The van der Waals surface area contributed by atoms with Gasteiger partial charge in [0, 0.05) is 42.2 Å². The van der Waals surface area contributed by atoms with E-state index in [0.717, 1.165) is 10.0 Å². The molecule has 2 aromatic carbocycles. The number of halogens is 2. The van der Waals surface area contributed by atoms with Crippen molar-refractivity contribution in [2.45, 2.75) is 11.4 Å². The largest absolute Gasteiger partial charge is 0.351 e. The van der Waals surface area contributed by atoms with Crippen LogP contribution in [0.4, 0.5) is 0 Å². The van der Waals surface area contributed by atoms with E-state index in [9.17, 15) is 13.2 Å². The van der Waals surface area contributed by atoms with Crippen molar-refractivity contribution in [1.29, 1.82) is 0 Å². The molecule has 28 heavy (non-hydrogen) atoms. The standard InChI is InChI=1S/C19H21BrClN3O3S/c20-16-4-2-6-18(12-16)28(26,27)24-9-7-23(8-10-24)14-19(25)22-13-15-3-1-5-17(21)11-15/h1-6,11-12H,7-10,13-14H2,(H,22,25). The second-order valence-electron chi connectivity index (χ2n) is 6.54. The molecule has 9 heteroatoms. The van der Waals surface area contributed by atoms with Crippen LogP contribution in [0, 0.1) is 0 Å². The van der Waals surface area contributed by atoms with Crippen LogP contribution in [0.2, 0.25) is 5.02 Å². The fraction of sp³-hybridized carbons (Fsp3) is 0.316. The highest BCUT2D eigenvalue weighted by Crippen LogP contribution is 2.21. The molecule has 0 atom stereocenters. The number of amides is 1. The van der Waals surface area contributed by atoms with Crippen LogP contribution in [-0.2, 0) is 21.4 Å². The lowest BCUT2D eigenvalue weighted by atomic mass is 10.2. The molecule has 0 saturated carbocycles. The van der Waals surface area contributed by atoms with E-state index in [1.54, 1.807) is 30.3 Å². The van der Waals surface area contributed by atoms with Crippen LogP contribution in [0.5, 0.6) is 0 Å². The van der Waals surface area contributed by atoms with E-state index in [2.05, 4.69) is 21.2 Å². The molecule has 1 N–H and O–H groups in total. The summed E-state index contributed by atoms with van der Waals surface area (Å²) in [6.45, 7) is 2.39. The van der Waals surface area contributed by atoms with E-state index >= 15 is 0 Å². The van der Waals surface area contributed by atoms with Crippen LogP contribution in [-0.4, -0.2) is 56.3 Å². The maximum Gasteiger partial charge on any atom is 0.243 e. The molecule has 0 bridgehead atoms. The number of sulfonamides is 1. The summed E-state index contributed by atoms with van der Waals surface area (Å²) in [5.74, 6) is -0.0942. The lowest BCUT2D eigenvalue weighted by Crippen LogP contribution is -2.50. The zero-order valence-electron chi connectivity index (χ0n) is 15.1. The minimum absolute atomic E-state index is 0.0942. The van der Waals surface area contributed by atoms with Crippen molar-refractivity contribution in [2.24, 2.45) is 0 Å². The average Bonchev–Trinajstić information content (AvgIpc) is 2.67. The number of nitrogens with one attached hydrogen (secondary N) is 1. The highest BCUT2D eigenvalue weighted by atomic mass is 79.9. The zero-order valence-corrected chi connectivity index (χ0v) is 18.3. The lowest BCUT2D eigenvalue weighted by molar-refractivity contribution is -0.122. The van der Waals surface area contributed by atoms with E-state index in [1.807, 2.05) is 23.1 Å². The third kappa shape index (κ3) is 5.55. The Morgan fingerprint density at radius 3 is 2.46 bits per heavy atom. The van der Waals surface area contributed by atoms with Crippen LogP contribution in [0.3, 0.4) is 0 Å². The van der Waals surface area contributed by atoms with E-state index in [0.29, 0.717) is 37.7 Å². The molecule has 3 rings (SSSR count). The van der Waals surface area contributed by atoms with Gasteiger partial charge in [0.05, 0.1) is 11.4 Å². The Labute approximate surface area is 178 Å². The Balaban J connectivity index is 1.49. The topological polar surface area (TPSA) is 69.7 Å². The van der Waals surface area contributed by atoms with E-state index < -0.39 is 10.0 Å². The molecule has 1 aliphatic heterocycles. The summed E-state index contributed by atoms with van der Waals surface area (Å²) in [4.78, 5) is 14.4. The molecular formula is C19H21BrClN3O3S. The molecule has 1 saturated heterocycles. The molecule has 1 amide bonds. The number of piperazine rings is 1. The minimum atomic E-state index is -3.52. The van der Waals surface area contributed by atoms with Gasteiger partial charge in [-0.2, -0.15) is 4.31 Å². The summed E-state index contributed by atoms with van der Waals surface area (Å²) in [5, 5.41) is 3.50. The van der Waals surface area contributed by atoms with Gasteiger partial charge in [0.25, 0.3) is 0 Å². The number of rotatable bonds is 6. The van der Waals surface area contributed by atoms with Crippen LogP contribution in [0.25, 0.3) is 0 Å². The maximum atomic E-state index is 12.8. The van der Waals surface area contributed by atoms with Gasteiger partial charge in [-0.3, -0.25) is 9.69 Å². The first kappa shape index (κ1) is 21.3. The van der Waals surface area contributed by atoms with Crippen molar-refractivity contribution in [3.63, 3.8) is 0 Å². The van der Waals surface area contributed by atoms with Gasteiger partial charge < -0.3 is 5.32 Å². The second-order valence-corrected chi connectivity index (χ2v) is 9.83. The fourth-order valence-corrected chi connectivity index (χ4v) is 5.24. The van der Waals surface area contributed by atoms with Crippen LogP contribution >= 0.6 is 27.5 Å². The molecule has 0 radical (unpaired) electrons. The molecule has 6 nitrogen and oxygen atoms in total. The van der Waals surface area contributed by atoms with Crippen molar-refractivity contribution in [3.8, 4) is 0 Å². The normalized spacial score (nSPS) is 16.1. The third-order valence-electron chi connectivity index (χ3n) is 4.51. The Morgan fingerprint density at radius 1 is 1.07 bits per heavy atom.